The van der Waals surface area contributed by atoms with Gasteiger partial charge in [0.1, 0.15) is 22.8 Å². The Hall–Kier alpha value is -3.79. The van der Waals surface area contributed by atoms with Crippen molar-refractivity contribution in [2.24, 2.45) is 0 Å². The van der Waals surface area contributed by atoms with E-state index >= 15 is 0 Å². The highest BCUT2D eigenvalue weighted by Gasteiger charge is 2.36. The summed E-state index contributed by atoms with van der Waals surface area (Å²) in [4.78, 5) is 42.9. The zero-order chi connectivity index (χ0) is 37.7. The molecule has 2 atom stereocenters. The van der Waals surface area contributed by atoms with Crippen LogP contribution in [0.3, 0.4) is 0 Å². The molecule has 0 radical (unpaired) electrons. The van der Waals surface area contributed by atoms with Crippen LogP contribution in [0.25, 0.3) is 0 Å². The minimum atomic E-state index is -4.56. The molecule has 3 amide bonds. The van der Waals surface area contributed by atoms with Gasteiger partial charge in [0.2, 0.25) is 21.8 Å². The van der Waals surface area contributed by atoms with E-state index in [1.54, 1.807) is 82.3 Å². The van der Waals surface area contributed by atoms with Gasteiger partial charge in [-0.3, -0.25) is 14.5 Å². The molecule has 0 heterocycles. The van der Waals surface area contributed by atoms with Crippen LogP contribution in [0.4, 0.5) is 9.18 Å². The predicted molar refractivity (Wildman–Crippen MR) is 191 cm³/mol. The Kier molecular flexibility index (Phi) is 16.1. The third-order valence-corrected chi connectivity index (χ3v) is 9.85. The first kappa shape index (κ1) is 41.6. The molecule has 3 N–H and O–H groups in total. The van der Waals surface area contributed by atoms with Crippen molar-refractivity contribution in [2.45, 2.75) is 70.0 Å². The molecule has 51 heavy (non-hydrogen) atoms. The van der Waals surface area contributed by atoms with Gasteiger partial charge in [0.15, 0.2) is 6.29 Å². The summed E-state index contributed by atoms with van der Waals surface area (Å²) < 4.78 is 54.2. The van der Waals surface area contributed by atoms with Crippen LogP contribution in [0, 0.1) is 5.82 Å². The van der Waals surface area contributed by atoms with Crippen molar-refractivity contribution in [3.8, 4) is 0 Å². The number of nitrogens with zero attached hydrogens (tertiary/aromatic N) is 2. The molecular formula is C35H43Cl2FN4O8S. The van der Waals surface area contributed by atoms with Gasteiger partial charge >= 0.3 is 6.09 Å². The number of hydrogen-bond donors (Lipinski definition) is 3. The van der Waals surface area contributed by atoms with Crippen molar-refractivity contribution in [3.63, 3.8) is 0 Å². The Morgan fingerprint density at radius 1 is 0.902 bits per heavy atom. The lowest BCUT2D eigenvalue weighted by molar-refractivity contribution is -0.163. The summed E-state index contributed by atoms with van der Waals surface area (Å²) in [5.41, 5.74) is 1.14. The number of ether oxygens (including phenoxy) is 2. The monoisotopic (exact) mass is 768 g/mol. The summed E-state index contributed by atoms with van der Waals surface area (Å²) in [6.07, 6.45) is -2.33. The maximum Gasteiger partial charge on any atom is 0.408 e. The summed E-state index contributed by atoms with van der Waals surface area (Å²) in [6.45, 7) is 6.72. The molecule has 0 aliphatic rings. The second kappa shape index (κ2) is 19.7. The van der Waals surface area contributed by atoms with Crippen LogP contribution in [0.2, 0.25) is 10.0 Å². The van der Waals surface area contributed by atoms with E-state index in [0.29, 0.717) is 35.4 Å². The van der Waals surface area contributed by atoms with E-state index < -0.39 is 63.6 Å². The van der Waals surface area contributed by atoms with Crippen molar-refractivity contribution in [1.29, 1.82) is 0 Å². The molecule has 16 heteroatoms. The van der Waals surface area contributed by atoms with Gasteiger partial charge < -0.3 is 24.8 Å². The van der Waals surface area contributed by atoms with Crippen LogP contribution in [-0.4, -0.2) is 92.0 Å². The number of carboxylic acid groups (broad SMARTS) is 1. The number of rotatable bonds is 19. The third-order valence-electron chi connectivity index (χ3n) is 7.69. The first-order valence-corrected chi connectivity index (χ1v) is 18.5. The summed E-state index contributed by atoms with van der Waals surface area (Å²) in [7, 11) is -4.56. The van der Waals surface area contributed by atoms with E-state index in [4.69, 9.17) is 32.7 Å². The Balaban J connectivity index is 2.05. The smallest absolute Gasteiger partial charge is 0.408 e. The summed E-state index contributed by atoms with van der Waals surface area (Å²) in [5.74, 6) is -2.36. The number of sulfonamides is 1. The van der Waals surface area contributed by atoms with E-state index in [-0.39, 0.29) is 30.6 Å². The van der Waals surface area contributed by atoms with Crippen LogP contribution in [0.15, 0.2) is 77.7 Å². The normalized spacial score (nSPS) is 12.8. The molecule has 0 spiro atoms. The van der Waals surface area contributed by atoms with Crippen molar-refractivity contribution in [2.75, 3.05) is 26.3 Å². The predicted octanol–water partition coefficient (Wildman–Crippen LogP) is 5.32. The van der Waals surface area contributed by atoms with Gasteiger partial charge in [0.05, 0.1) is 11.6 Å². The Labute approximate surface area is 307 Å². The Morgan fingerprint density at radius 2 is 1.53 bits per heavy atom. The number of amides is 3. The largest absolute Gasteiger partial charge is 0.465 e. The molecule has 0 fully saturated rings. The van der Waals surface area contributed by atoms with Crippen molar-refractivity contribution >= 4 is 51.1 Å². The second-order valence-corrected chi connectivity index (χ2v) is 14.2. The van der Waals surface area contributed by atoms with Crippen molar-refractivity contribution in [3.05, 3.63) is 99.8 Å². The fraction of sp³-hybridized carbons (Fsp3) is 0.400. The third kappa shape index (κ3) is 12.4. The molecule has 0 saturated carbocycles. The van der Waals surface area contributed by atoms with E-state index in [1.165, 1.54) is 4.90 Å². The molecule has 0 bridgehead atoms. The maximum absolute atomic E-state index is 14.3. The molecule has 2 unspecified atom stereocenters. The van der Waals surface area contributed by atoms with Crippen LogP contribution in [0.5, 0.6) is 0 Å². The fourth-order valence-corrected chi connectivity index (χ4v) is 6.82. The van der Waals surface area contributed by atoms with E-state index in [0.717, 1.165) is 17.0 Å². The number of hydrogen-bond acceptors (Lipinski definition) is 7. The lowest BCUT2D eigenvalue weighted by Gasteiger charge is -2.35. The van der Waals surface area contributed by atoms with E-state index in [1.807, 2.05) is 0 Å². The van der Waals surface area contributed by atoms with Crippen LogP contribution in [0.1, 0.15) is 38.8 Å². The van der Waals surface area contributed by atoms with Crippen molar-refractivity contribution in [1.82, 2.24) is 19.8 Å². The highest BCUT2D eigenvalue weighted by atomic mass is 35.5. The van der Waals surface area contributed by atoms with Gasteiger partial charge in [-0.15, -0.1) is 0 Å². The first-order valence-electron chi connectivity index (χ1n) is 16.2. The van der Waals surface area contributed by atoms with Gasteiger partial charge in [-0.1, -0.05) is 65.7 Å². The molecule has 0 aromatic heterocycles. The zero-order valence-corrected chi connectivity index (χ0v) is 31.1. The number of carbonyl (C=O) groups excluding carboxylic acids is 2. The van der Waals surface area contributed by atoms with Crippen LogP contribution in [-0.2, 0) is 42.1 Å². The molecular weight excluding hydrogens is 726 g/mol. The molecule has 3 aromatic rings. The maximum atomic E-state index is 14.3. The van der Waals surface area contributed by atoms with Gasteiger partial charge in [0, 0.05) is 43.8 Å². The highest BCUT2D eigenvalue weighted by molar-refractivity contribution is 7.89. The minimum Gasteiger partial charge on any atom is -0.465 e. The minimum absolute atomic E-state index is 0.0258. The van der Waals surface area contributed by atoms with E-state index in [2.05, 4.69) is 10.0 Å². The van der Waals surface area contributed by atoms with Crippen LogP contribution < -0.4 is 10.0 Å². The zero-order valence-electron chi connectivity index (χ0n) is 28.7. The van der Waals surface area contributed by atoms with Gasteiger partial charge in [-0.25, -0.2) is 22.3 Å². The molecule has 0 aliphatic heterocycles. The molecule has 12 nitrogen and oxygen atoms in total. The fourth-order valence-electron chi connectivity index (χ4n) is 5.15. The SMILES string of the molecule is CCOC(CN(C(=O)C(Cc1ccc(Cl)cc1)NC(=O)C(CNS(=O)(=O)c1cc(F)ccc1Cl)N(Cc1ccccc1)C(=O)O)C(C)C)OCC. The number of halogens is 3. The molecule has 3 rings (SSSR count). The van der Waals surface area contributed by atoms with Gasteiger partial charge in [-0.05, 0) is 69.2 Å². The molecule has 278 valence electrons. The summed E-state index contributed by atoms with van der Waals surface area (Å²) >= 11 is 12.2. The Bertz CT molecular complexity index is 1710. The van der Waals surface area contributed by atoms with Crippen LogP contribution >= 0.6 is 23.2 Å². The first-order chi connectivity index (χ1) is 24.2. The van der Waals surface area contributed by atoms with Gasteiger partial charge in [-0.2, -0.15) is 0 Å². The number of carbonyl (C=O) groups is 3. The average Bonchev–Trinajstić information content (AvgIpc) is 3.08. The van der Waals surface area contributed by atoms with E-state index in [9.17, 15) is 32.3 Å². The molecule has 0 saturated heterocycles. The quantitative estimate of drug-likeness (QED) is 0.139. The lowest BCUT2D eigenvalue weighted by atomic mass is 10.0. The average molecular weight is 770 g/mol. The molecule has 3 aromatic carbocycles. The molecule has 0 aliphatic carbocycles. The van der Waals surface area contributed by atoms with Crippen molar-refractivity contribution < 1.29 is 41.8 Å². The summed E-state index contributed by atoms with van der Waals surface area (Å²) in [5, 5.41) is 13.2. The van der Waals surface area contributed by atoms with Gasteiger partial charge in [0.25, 0.3) is 0 Å². The standard InChI is InChI=1S/C35H43Cl2FN4O8S/c1-5-49-32(50-6-2)22-41(23(3)4)34(44)29(18-24-12-14-26(36)15-13-24)40-33(43)30(42(35(45)46)21-25-10-8-7-9-11-25)20-39-51(47,48)31-19-27(38)16-17-28(31)37/h7-17,19,23,29-30,32,39H,5-6,18,20-22H2,1-4H3,(H,40,43)(H,45,46). The Morgan fingerprint density at radius 3 is 2.10 bits per heavy atom. The topological polar surface area (TPSA) is 155 Å². The highest BCUT2D eigenvalue weighted by Crippen LogP contribution is 2.22. The summed E-state index contributed by atoms with van der Waals surface area (Å²) in [6, 6.07) is 14.4. The number of benzene rings is 3. The lowest BCUT2D eigenvalue weighted by Crippen LogP contribution is -2.59. The number of nitrogens with one attached hydrogen (secondary N) is 2. The second-order valence-electron chi connectivity index (χ2n) is 11.7.